The molecule has 0 unspecified atom stereocenters. The zero-order chi connectivity index (χ0) is 22.6. The van der Waals surface area contributed by atoms with E-state index in [1.165, 1.54) is 16.9 Å². The fraction of sp³-hybridized carbons (Fsp3) is 0.360. The molecule has 2 aliphatic rings. The molecule has 1 N–H and O–H groups in total. The number of likely N-dealkylation sites (tertiary alicyclic amines) is 1. The van der Waals surface area contributed by atoms with E-state index in [9.17, 15) is 4.79 Å². The number of amides is 1. The van der Waals surface area contributed by atoms with E-state index < -0.39 is 0 Å². The maximum atomic E-state index is 13.2. The average molecular weight is 459 g/mol. The second kappa shape index (κ2) is 9.69. The van der Waals surface area contributed by atoms with E-state index >= 15 is 0 Å². The van der Waals surface area contributed by atoms with Gasteiger partial charge in [0, 0.05) is 29.2 Å². The number of nitrogens with one attached hydrogen (secondary N) is 1. The van der Waals surface area contributed by atoms with Crippen molar-refractivity contribution >= 4 is 33.9 Å². The van der Waals surface area contributed by atoms with Crippen LogP contribution in [0.3, 0.4) is 0 Å². The molecule has 0 atom stereocenters. The number of para-hydroxylation sites is 1. The van der Waals surface area contributed by atoms with Crippen LogP contribution < -0.4 is 10.2 Å². The van der Waals surface area contributed by atoms with Crippen molar-refractivity contribution < 1.29 is 4.79 Å². The van der Waals surface area contributed by atoms with E-state index in [0.29, 0.717) is 29.8 Å². The standard InChI is InChI=1S/C25H26N6OS/c26-12-16-30-14-10-18(11-15-30)20-7-3-9-23(27-20)29-25-28-21(17-33-25)24(32)31-13-4-6-19-5-1-2-8-22(19)31/h1-3,5,7-9,17-18H,4,6,10-11,13-16H2,(H,27,28,29). The van der Waals surface area contributed by atoms with Crippen molar-refractivity contribution in [3.63, 3.8) is 0 Å². The van der Waals surface area contributed by atoms with E-state index in [0.717, 1.165) is 56.0 Å². The van der Waals surface area contributed by atoms with Gasteiger partial charge in [0.1, 0.15) is 11.5 Å². The Hall–Kier alpha value is -3.28. The fourth-order valence-corrected chi connectivity index (χ4v) is 5.35. The Bertz CT molecular complexity index is 1180. The van der Waals surface area contributed by atoms with Gasteiger partial charge in [-0.05, 0) is 62.5 Å². The van der Waals surface area contributed by atoms with Crippen molar-refractivity contribution in [3.8, 4) is 6.07 Å². The third kappa shape index (κ3) is 4.75. The first-order valence-electron chi connectivity index (χ1n) is 11.4. The van der Waals surface area contributed by atoms with E-state index in [1.807, 2.05) is 40.6 Å². The zero-order valence-electron chi connectivity index (χ0n) is 18.4. The van der Waals surface area contributed by atoms with Crippen LogP contribution in [0.25, 0.3) is 0 Å². The van der Waals surface area contributed by atoms with Gasteiger partial charge in [-0.2, -0.15) is 5.26 Å². The molecule has 0 bridgehead atoms. The molecule has 7 nitrogen and oxygen atoms in total. The summed E-state index contributed by atoms with van der Waals surface area (Å²) in [4.78, 5) is 26.6. The number of benzene rings is 1. The minimum absolute atomic E-state index is 0.0581. The highest BCUT2D eigenvalue weighted by atomic mass is 32.1. The Morgan fingerprint density at radius 2 is 1.97 bits per heavy atom. The SMILES string of the molecule is N#CCN1CCC(c2cccc(Nc3nc(C(=O)N4CCCc5ccccc54)cs3)n2)CC1. The van der Waals surface area contributed by atoms with Gasteiger partial charge < -0.3 is 10.2 Å². The number of fused-ring (bicyclic) bond motifs is 1. The summed E-state index contributed by atoms with van der Waals surface area (Å²) in [5.41, 5.74) is 3.73. The van der Waals surface area contributed by atoms with Crippen LogP contribution in [-0.2, 0) is 6.42 Å². The van der Waals surface area contributed by atoms with E-state index in [-0.39, 0.29) is 5.91 Å². The van der Waals surface area contributed by atoms with Gasteiger partial charge in [-0.3, -0.25) is 9.69 Å². The van der Waals surface area contributed by atoms with Crippen LogP contribution in [0.1, 0.15) is 46.9 Å². The van der Waals surface area contributed by atoms with Crippen molar-refractivity contribution in [3.05, 3.63) is 64.8 Å². The number of rotatable bonds is 5. The number of thiazole rings is 1. The number of carbonyl (C=O) groups excluding carboxylic acids is 1. The number of carbonyl (C=O) groups is 1. The van der Waals surface area contributed by atoms with E-state index in [1.54, 1.807) is 0 Å². The van der Waals surface area contributed by atoms with Gasteiger partial charge in [-0.15, -0.1) is 11.3 Å². The molecule has 2 aromatic heterocycles. The lowest BCUT2D eigenvalue weighted by atomic mass is 9.93. The van der Waals surface area contributed by atoms with Crippen LogP contribution in [0, 0.1) is 11.3 Å². The molecule has 2 aliphatic heterocycles. The predicted octanol–water partition coefficient (Wildman–Crippen LogP) is 4.58. The molecule has 1 amide bonds. The number of nitrogens with zero attached hydrogens (tertiary/aromatic N) is 5. The monoisotopic (exact) mass is 458 g/mol. The lowest BCUT2D eigenvalue weighted by molar-refractivity contribution is 0.0981. The Morgan fingerprint density at radius 1 is 1.12 bits per heavy atom. The summed E-state index contributed by atoms with van der Waals surface area (Å²) in [6.45, 7) is 3.06. The van der Waals surface area contributed by atoms with Crippen molar-refractivity contribution in [1.82, 2.24) is 14.9 Å². The summed E-state index contributed by atoms with van der Waals surface area (Å²) in [7, 11) is 0. The minimum Gasteiger partial charge on any atom is -0.316 e. The molecule has 0 radical (unpaired) electrons. The van der Waals surface area contributed by atoms with Gasteiger partial charge in [0.05, 0.1) is 12.6 Å². The number of hydrogen-bond donors (Lipinski definition) is 1. The lowest BCUT2D eigenvalue weighted by Crippen LogP contribution is -2.35. The van der Waals surface area contributed by atoms with E-state index in [4.69, 9.17) is 10.2 Å². The Labute approximate surface area is 197 Å². The smallest absolute Gasteiger partial charge is 0.277 e. The molecule has 8 heteroatoms. The molecule has 4 heterocycles. The van der Waals surface area contributed by atoms with Crippen molar-refractivity contribution in [1.29, 1.82) is 5.26 Å². The molecule has 1 aromatic carbocycles. The number of anilines is 3. The average Bonchev–Trinajstić information content (AvgIpc) is 3.32. The first kappa shape index (κ1) is 21.6. The molecule has 0 saturated carbocycles. The van der Waals surface area contributed by atoms with Gasteiger partial charge in [-0.25, -0.2) is 9.97 Å². The van der Waals surface area contributed by atoms with Crippen LogP contribution in [0.5, 0.6) is 0 Å². The summed E-state index contributed by atoms with van der Waals surface area (Å²) < 4.78 is 0. The fourth-order valence-electron chi connectivity index (χ4n) is 4.66. The van der Waals surface area contributed by atoms with E-state index in [2.05, 4.69) is 33.4 Å². The highest BCUT2D eigenvalue weighted by Crippen LogP contribution is 2.30. The Balaban J connectivity index is 1.26. The molecular weight excluding hydrogens is 432 g/mol. The maximum absolute atomic E-state index is 13.2. The minimum atomic E-state index is -0.0581. The largest absolute Gasteiger partial charge is 0.316 e. The molecular formula is C25H26N6OS. The molecule has 5 rings (SSSR count). The topological polar surface area (TPSA) is 85.2 Å². The second-order valence-corrected chi connectivity index (χ2v) is 9.37. The van der Waals surface area contributed by atoms with Gasteiger partial charge in [0.15, 0.2) is 5.13 Å². The van der Waals surface area contributed by atoms with Crippen LogP contribution in [0.2, 0.25) is 0 Å². The van der Waals surface area contributed by atoms with Crippen molar-refractivity contribution in [2.75, 3.05) is 36.4 Å². The van der Waals surface area contributed by atoms with Crippen molar-refractivity contribution in [2.24, 2.45) is 0 Å². The number of piperidine rings is 1. The quantitative estimate of drug-likeness (QED) is 0.564. The molecule has 168 valence electrons. The second-order valence-electron chi connectivity index (χ2n) is 8.51. The molecule has 3 aromatic rings. The van der Waals surface area contributed by atoms with Crippen molar-refractivity contribution in [2.45, 2.75) is 31.6 Å². The van der Waals surface area contributed by atoms with Crippen LogP contribution >= 0.6 is 11.3 Å². The molecule has 33 heavy (non-hydrogen) atoms. The molecule has 1 saturated heterocycles. The molecule has 1 fully saturated rings. The first-order chi connectivity index (χ1) is 16.2. The first-order valence-corrected chi connectivity index (χ1v) is 12.3. The summed E-state index contributed by atoms with van der Waals surface area (Å²) in [5.74, 6) is 1.08. The maximum Gasteiger partial charge on any atom is 0.277 e. The number of nitriles is 1. The number of aryl methyl sites for hydroxylation is 1. The highest BCUT2D eigenvalue weighted by molar-refractivity contribution is 7.14. The van der Waals surface area contributed by atoms with Gasteiger partial charge in [-0.1, -0.05) is 24.3 Å². The number of pyridine rings is 1. The Morgan fingerprint density at radius 3 is 2.82 bits per heavy atom. The third-order valence-corrected chi connectivity index (χ3v) is 7.14. The summed E-state index contributed by atoms with van der Waals surface area (Å²) >= 11 is 1.42. The highest BCUT2D eigenvalue weighted by Gasteiger charge is 2.25. The zero-order valence-corrected chi connectivity index (χ0v) is 19.2. The van der Waals surface area contributed by atoms with Gasteiger partial charge >= 0.3 is 0 Å². The van der Waals surface area contributed by atoms with Gasteiger partial charge in [0.25, 0.3) is 5.91 Å². The van der Waals surface area contributed by atoms with Crippen LogP contribution in [0.4, 0.5) is 16.6 Å². The third-order valence-electron chi connectivity index (χ3n) is 6.38. The summed E-state index contributed by atoms with van der Waals surface area (Å²) in [6, 6.07) is 16.3. The van der Waals surface area contributed by atoms with Crippen LogP contribution in [-0.4, -0.2) is 47.0 Å². The number of aromatic nitrogens is 2. The Kier molecular flexibility index (Phi) is 6.33. The normalized spacial score (nSPS) is 16.8. The van der Waals surface area contributed by atoms with Crippen LogP contribution in [0.15, 0.2) is 47.8 Å². The lowest BCUT2D eigenvalue weighted by Gasteiger charge is -2.29. The van der Waals surface area contributed by atoms with Gasteiger partial charge in [0.2, 0.25) is 0 Å². The summed E-state index contributed by atoms with van der Waals surface area (Å²) in [6.07, 6.45) is 3.98. The summed E-state index contributed by atoms with van der Waals surface area (Å²) in [5, 5.41) is 14.7. The predicted molar refractivity (Wildman–Crippen MR) is 130 cm³/mol. The molecule has 0 aliphatic carbocycles. The molecule has 0 spiro atoms. The number of hydrogen-bond acceptors (Lipinski definition) is 7.